The first-order valence-electron chi connectivity index (χ1n) is 9.07. The standard InChI is InChI=1S/C19H25N3O3/c20-18(24)19(25)22-12-4-7-16(22)17(23)13-8-10-15(11-9-13)21-14-5-2-1-3-6-14/h8-11,14,16,21H,1-7,12H2,(H2,20,24). The molecule has 1 unspecified atom stereocenters. The largest absolute Gasteiger partial charge is 0.382 e. The Balaban J connectivity index is 1.65. The molecule has 3 N–H and O–H groups in total. The summed E-state index contributed by atoms with van der Waals surface area (Å²) in [6.45, 7) is 0.402. The molecule has 1 saturated carbocycles. The molecule has 6 nitrogen and oxygen atoms in total. The molecule has 1 aliphatic carbocycles. The van der Waals surface area contributed by atoms with Crippen LogP contribution in [0.3, 0.4) is 0 Å². The minimum absolute atomic E-state index is 0.128. The van der Waals surface area contributed by atoms with Crippen LogP contribution in [0.1, 0.15) is 55.3 Å². The highest BCUT2D eigenvalue weighted by molar-refractivity contribution is 6.35. The van der Waals surface area contributed by atoms with Crippen LogP contribution in [0.4, 0.5) is 5.69 Å². The Labute approximate surface area is 147 Å². The molecule has 1 aromatic carbocycles. The number of hydrogen-bond acceptors (Lipinski definition) is 4. The van der Waals surface area contributed by atoms with Gasteiger partial charge < -0.3 is 16.0 Å². The van der Waals surface area contributed by atoms with Gasteiger partial charge in [0.15, 0.2) is 5.78 Å². The van der Waals surface area contributed by atoms with Gasteiger partial charge in [-0.2, -0.15) is 0 Å². The van der Waals surface area contributed by atoms with E-state index in [9.17, 15) is 14.4 Å². The van der Waals surface area contributed by atoms with Crippen LogP contribution in [0, 0.1) is 0 Å². The van der Waals surface area contributed by atoms with Crippen molar-refractivity contribution in [2.24, 2.45) is 5.73 Å². The summed E-state index contributed by atoms with van der Waals surface area (Å²) >= 11 is 0. The zero-order valence-electron chi connectivity index (χ0n) is 14.4. The number of nitrogens with one attached hydrogen (secondary N) is 1. The molecule has 3 rings (SSSR count). The lowest BCUT2D eigenvalue weighted by Crippen LogP contribution is -2.46. The first-order chi connectivity index (χ1) is 12.1. The van der Waals surface area contributed by atoms with Gasteiger partial charge in [-0.15, -0.1) is 0 Å². The molecule has 2 aliphatic rings. The second kappa shape index (κ2) is 7.68. The van der Waals surface area contributed by atoms with E-state index in [4.69, 9.17) is 5.73 Å². The molecule has 1 aliphatic heterocycles. The lowest BCUT2D eigenvalue weighted by Gasteiger charge is -2.24. The Morgan fingerprint density at radius 1 is 0.960 bits per heavy atom. The fourth-order valence-corrected chi connectivity index (χ4v) is 3.83. The minimum Gasteiger partial charge on any atom is -0.382 e. The van der Waals surface area contributed by atoms with Crippen molar-refractivity contribution < 1.29 is 14.4 Å². The summed E-state index contributed by atoms with van der Waals surface area (Å²) in [7, 11) is 0. The number of hydrogen-bond donors (Lipinski definition) is 2. The van der Waals surface area contributed by atoms with E-state index in [0.717, 1.165) is 5.69 Å². The number of likely N-dealkylation sites (tertiary alicyclic amines) is 1. The summed E-state index contributed by atoms with van der Waals surface area (Å²) in [6.07, 6.45) is 7.49. The van der Waals surface area contributed by atoms with Crippen molar-refractivity contribution in [1.29, 1.82) is 0 Å². The Kier molecular flexibility index (Phi) is 5.36. The van der Waals surface area contributed by atoms with E-state index < -0.39 is 17.9 Å². The third kappa shape index (κ3) is 4.00. The molecule has 1 atom stereocenters. The van der Waals surface area contributed by atoms with Crippen LogP contribution in [-0.4, -0.2) is 41.1 Å². The van der Waals surface area contributed by atoms with Gasteiger partial charge in [0, 0.05) is 23.8 Å². The van der Waals surface area contributed by atoms with Gasteiger partial charge in [-0.25, -0.2) is 0 Å². The fraction of sp³-hybridized carbons (Fsp3) is 0.526. The van der Waals surface area contributed by atoms with Crippen LogP contribution in [0.2, 0.25) is 0 Å². The van der Waals surface area contributed by atoms with Crippen molar-refractivity contribution in [1.82, 2.24) is 4.90 Å². The van der Waals surface area contributed by atoms with Gasteiger partial charge in [0.25, 0.3) is 0 Å². The number of nitrogens with zero attached hydrogens (tertiary/aromatic N) is 1. The third-order valence-corrected chi connectivity index (χ3v) is 5.17. The number of carbonyl (C=O) groups excluding carboxylic acids is 3. The molecule has 6 heteroatoms. The van der Waals surface area contributed by atoms with Crippen molar-refractivity contribution in [3.8, 4) is 0 Å². The van der Waals surface area contributed by atoms with Crippen molar-refractivity contribution in [3.05, 3.63) is 29.8 Å². The van der Waals surface area contributed by atoms with Crippen LogP contribution < -0.4 is 11.1 Å². The summed E-state index contributed by atoms with van der Waals surface area (Å²) in [5.74, 6) is -1.91. The van der Waals surface area contributed by atoms with Crippen molar-refractivity contribution in [2.75, 3.05) is 11.9 Å². The van der Waals surface area contributed by atoms with Crippen LogP contribution in [0.15, 0.2) is 24.3 Å². The minimum atomic E-state index is -1.01. The summed E-state index contributed by atoms with van der Waals surface area (Å²) in [6, 6.07) is 7.33. The van der Waals surface area contributed by atoms with Crippen LogP contribution in [0.25, 0.3) is 0 Å². The van der Waals surface area contributed by atoms with Gasteiger partial charge in [0.05, 0.1) is 6.04 Å². The number of ketones is 1. The summed E-state index contributed by atoms with van der Waals surface area (Å²) in [4.78, 5) is 37.0. The smallest absolute Gasteiger partial charge is 0.312 e. The lowest BCUT2D eigenvalue weighted by molar-refractivity contribution is -0.144. The molecule has 0 spiro atoms. The zero-order chi connectivity index (χ0) is 17.8. The van der Waals surface area contributed by atoms with Crippen LogP contribution >= 0.6 is 0 Å². The molecule has 2 amide bonds. The number of anilines is 1. The molecule has 1 saturated heterocycles. The molecule has 0 bridgehead atoms. The summed E-state index contributed by atoms with van der Waals surface area (Å²) < 4.78 is 0. The number of primary amides is 1. The van der Waals surface area contributed by atoms with E-state index in [1.165, 1.54) is 37.0 Å². The van der Waals surface area contributed by atoms with E-state index >= 15 is 0 Å². The van der Waals surface area contributed by atoms with Gasteiger partial charge in [-0.3, -0.25) is 14.4 Å². The zero-order valence-corrected chi connectivity index (χ0v) is 14.4. The van der Waals surface area contributed by atoms with Crippen LogP contribution in [0.5, 0.6) is 0 Å². The predicted octanol–water partition coefficient (Wildman–Crippen LogP) is 2.09. The van der Waals surface area contributed by atoms with Gasteiger partial charge in [0.2, 0.25) is 0 Å². The number of benzene rings is 1. The monoisotopic (exact) mass is 343 g/mol. The molecule has 0 aromatic heterocycles. The van der Waals surface area contributed by atoms with Gasteiger partial charge >= 0.3 is 11.8 Å². The molecule has 0 radical (unpaired) electrons. The van der Waals surface area contributed by atoms with E-state index in [-0.39, 0.29) is 5.78 Å². The average Bonchev–Trinajstić information content (AvgIpc) is 3.11. The molecule has 134 valence electrons. The average molecular weight is 343 g/mol. The first-order valence-corrected chi connectivity index (χ1v) is 9.07. The number of Topliss-reactive ketones (excluding diaryl/α,β-unsaturated/α-hetero) is 1. The summed E-state index contributed by atoms with van der Waals surface area (Å²) in [5.41, 5.74) is 6.65. The van der Waals surface area contributed by atoms with E-state index in [1.54, 1.807) is 12.1 Å². The normalized spacial score (nSPS) is 21.1. The number of rotatable bonds is 4. The molecular weight excluding hydrogens is 318 g/mol. The van der Waals surface area contributed by atoms with Gasteiger partial charge in [-0.1, -0.05) is 19.3 Å². The first kappa shape index (κ1) is 17.5. The highest BCUT2D eigenvalue weighted by atomic mass is 16.2. The number of carbonyl (C=O) groups is 3. The van der Waals surface area contributed by atoms with Gasteiger partial charge in [-0.05, 0) is 49.9 Å². The highest BCUT2D eigenvalue weighted by Gasteiger charge is 2.36. The molecular formula is C19H25N3O3. The molecule has 1 heterocycles. The number of nitrogens with two attached hydrogens (primary N) is 1. The van der Waals surface area contributed by atoms with E-state index in [1.807, 2.05) is 12.1 Å². The maximum atomic E-state index is 12.7. The Morgan fingerprint density at radius 2 is 1.64 bits per heavy atom. The Morgan fingerprint density at radius 3 is 2.28 bits per heavy atom. The maximum absolute atomic E-state index is 12.7. The van der Waals surface area contributed by atoms with Crippen molar-refractivity contribution in [2.45, 2.75) is 57.0 Å². The lowest BCUT2D eigenvalue weighted by atomic mass is 9.95. The Hall–Kier alpha value is -2.37. The van der Waals surface area contributed by atoms with E-state index in [2.05, 4.69) is 5.32 Å². The molecule has 2 fully saturated rings. The topological polar surface area (TPSA) is 92.5 Å². The Bertz CT molecular complexity index is 650. The quantitative estimate of drug-likeness (QED) is 0.647. The second-order valence-electron chi connectivity index (χ2n) is 6.94. The van der Waals surface area contributed by atoms with E-state index in [0.29, 0.717) is 31.0 Å². The summed E-state index contributed by atoms with van der Waals surface area (Å²) in [5, 5.41) is 3.52. The van der Waals surface area contributed by atoms with Crippen molar-refractivity contribution >= 4 is 23.3 Å². The second-order valence-corrected chi connectivity index (χ2v) is 6.94. The van der Waals surface area contributed by atoms with Gasteiger partial charge in [0.1, 0.15) is 0 Å². The predicted molar refractivity (Wildman–Crippen MR) is 95.2 cm³/mol. The van der Waals surface area contributed by atoms with Crippen LogP contribution in [-0.2, 0) is 9.59 Å². The maximum Gasteiger partial charge on any atom is 0.312 e. The fourth-order valence-electron chi connectivity index (χ4n) is 3.83. The van der Waals surface area contributed by atoms with Crippen molar-refractivity contribution in [3.63, 3.8) is 0 Å². The number of amides is 2. The highest BCUT2D eigenvalue weighted by Crippen LogP contribution is 2.24. The third-order valence-electron chi connectivity index (χ3n) is 5.17. The molecule has 25 heavy (non-hydrogen) atoms. The SMILES string of the molecule is NC(=O)C(=O)N1CCCC1C(=O)c1ccc(NC2CCCCC2)cc1. The molecule has 1 aromatic rings.